The molecule has 1 N–H and O–H groups in total. The highest BCUT2D eigenvalue weighted by Gasteiger charge is 2.44. The van der Waals surface area contributed by atoms with E-state index < -0.39 is 29.7 Å². The highest BCUT2D eigenvalue weighted by atomic mass is 32.1. The van der Waals surface area contributed by atoms with Gasteiger partial charge in [0, 0.05) is 36.4 Å². The summed E-state index contributed by atoms with van der Waals surface area (Å²) in [5.74, 6) is -1.58. The highest BCUT2D eigenvalue weighted by Crippen LogP contribution is 2.32. The van der Waals surface area contributed by atoms with Crippen molar-refractivity contribution in [2.75, 3.05) is 42.9 Å². The second kappa shape index (κ2) is 12.9. The number of aromatic nitrogens is 1. The summed E-state index contributed by atoms with van der Waals surface area (Å²) in [6.07, 6.45) is 0.278. The standard InChI is InChI=1S/C34H35N5O5S/c1-6-34(2,33(43)35-23-13-15-24(16-14-23)37(3)4)39(19-29-36-27(21-45-29)22-11-17-25(44-5)18-12-22)30(40)20-38-28-10-8-7-9-26(28)31(41)32(38)42/h7-18,21H,6,19-20H2,1-5H3,(H,35,43). The van der Waals surface area contributed by atoms with E-state index in [2.05, 4.69) is 5.32 Å². The first kappa shape index (κ1) is 31.4. The number of para-hydroxylation sites is 1. The van der Waals surface area contributed by atoms with Crippen LogP contribution in [0.25, 0.3) is 11.3 Å². The molecule has 0 bridgehead atoms. The summed E-state index contributed by atoms with van der Waals surface area (Å²) in [4.78, 5) is 63.2. The summed E-state index contributed by atoms with van der Waals surface area (Å²) in [6, 6.07) is 21.5. The number of rotatable bonds is 11. The van der Waals surface area contributed by atoms with Gasteiger partial charge < -0.3 is 19.9 Å². The van der Waals surface area contributed by atoms with Gasteiger partial charge in [-0.25, -0.2) is 4.98 Å². The Morgan fingerprint density at radius 1 is 1.00 bits per heavy atom. The van der Waals surface area contributed by atoms with Crippen LogP contribution in [0.3, 0.4) is 0 Å². The number of ether oxygens (including phenoxy) is 1. The monoisotopic (exact) mass is 625 g/mol. The molecule has 0 aliphatic carbocycles. The Balaban J connectivity index is 1.46. The number of methoxy groups -OCH3 is 1. The molecule has 1 aliphatic heterocycles. The van der Waals surface area contributed by atoms with Crippen LogP contribution in [0.15, 0.2) is 78.2 Å². The van der Waals surface area contributed by atoms with Gasteiger partial charge in [0.1, 0.15) is 22.8 Å². The number of Topliss-reactive ketones (excluding diaryl/α,β-unsaturated/α-hetero) is 1. The molecule has 45 heavy (non-hydrogen) atoms. The quantitative estimate of drug-likeness (QED) is 0.227. The second-order valence-corrected chi connectivity index (χ2v) is 12.0. The minimum atomic E-state index is -1.32. The van der Waals surface area contributed by atoms with Gasteiger partial charge in [0.2, 0.25) is 11.8 Å². The summed E-state index contributed by atoms with van der Waals surface area (Å²) in [5, 5.41) is 5.48. The van der Waals surface area contributed by atoms with E-state index in [1.807, 2.05) is 79.8 Å². The minimum absolute atomic E-state index is 0.0224. The maximum Gasteiger partial charge on any atom is 0.299 e. The zero-order valence-corrected chi connectivity index (χ0v) is 26.7. The third kappa shape index (κ3) is 6.30. The van der Waals surface area contributed by atoms with Crippen LogP contribution in [0, 0.1) is 0 Å². The van der Waals surface area contributed by atoms with Crippen LogP contribution in [0.2, 0.25) is 0 Å². The number of thiazole rings is 1. The Labute approximate surface area is 266 Å². The van der Waals surface area contributed by atoms with E-state index in [0.717, 1.165) is 22.7 Å². The first-order valence-corrected chi connectivity index (χ1v) is 15.4. The number of carbonyl (C=O) groups is 4. The summed E-state index contributed by atoms with van der Waals surface area (Å²) >= 11 is 1.37. The molecule has 0 saturated carbocycles. The molecule has 1 aliphatic rings. The molecular weight excluding hydrogens is 590 g/mol. The first-order chi connectivity index (χ1) is 21.5. The summed E-state index contributed by atoms with van der Waals surface area (Å²) in [5.41, 5.74) is 2.47. The van der Waals surface area contributed by atoms with Crippen molar-refractivity contribution in [2.45, 2.75) is 32.4 Å². The number of nitrogens with zero attached hydrogens (tertiary/aromatic N) is 4. The number of ketones is 1. The predicted molar refractivity (Wildman–Crippen MR) is 176 cm³/mol. The topological polar surface area (TPSA) is 112 Å². The Hall–Kier alpha value is -5.03. The van der Waals surface area contributed by atoms with Gasteiger partial charge in [0.05, 0.1) is 30.6 Å². The molecule has 0 spiro atoms. The van der Waals surface area contributed by atoms with Gasteiger partial charge in [-0.2, -0.15) is 0 Å². The molecule has 1 aromatic heterocycles. The van der Waals surface area contributed by atoms with Gasteiger partial charge in [0.15, 0.2) is 0 Å². The van der Waals surface area contributed by atoms with Gasteiger partial charge in [-0.1, -0.05) is 19.1 Å². The fourth-order valence-electron chi connectivity index (χ4n) is 5.16. The first-order valence-electron chi connectivity index (χ1n) is 14.5. The predicted octanol–water partition coefficient (Wildman–Crippen LogP) is 5.25. The van der Waals surface area contributed by atoms with Crippen LogP contribution in [0.5, 0.6) is 5.75 Å². The Kier molecular flexibility index (Phi) is 9.01. The summed E-state index contributed by atoms with van der Waals surface area (Å²) in [6.45, 7) is 3.16. The van der Waals surface area contributed by atoms with Gasteiger partial charge in [-0.3, -0.25) is 24.1 Å². The van der Waals surface area contributed by atoms with Crippen LogP contribution in [0.4, 0.5) is 17.1 Å². The van der Waals surface area contributed by atoms with Gasteiger partial charge in [0.25, 0.3) is 11.7 Å². The fourth-order valence-corrected chi connectivity index (χ4v) is 5.95. The summed E-state index contributed by atoms with van der Waals surface area (Å²) in [7, 11) is 5.47. The summed E-state index contributed by atoms with van der Waals surface area (Å²) < 4.78 is 5.26. The molecular formula is C34H35N5O5S. The largest absolute Gasteiger partial charge is 0.497 e. The maximum absolute atomic E-state index is 14.2. The van der Waals surface area contributed by atoms with Crippen molar-refractivity contribution in [2.24, 2.45) is 0 Å². The van der Waals surface area contributed by atoms with Crippen LogP contribution in [-0.2, 0) is 20.9 Å². The van der Waals surface area contributed by atoms with E-state index in [-0.39, 0.29) is 24.4 Å². The molecule has 11 heteroatoms. The molecule has 1 atom stereocenters. The minimum Gasteiger partial charge on any atom is -0.497 e. The number of amides is 3. The van der Waals surface area contributed by atoms with Gasteiger partial charge >= 0.3 is 0 Å². The van der Waals surface area contributed by atoms with Crippen molar-refractivity contribution < 1.29 is 23.9 Å². The smallest absolute Gasteiger partial charge is 0.299 e. The van der Waals surface area contributed by atoms with Crippen molar-refractivity contribution in [1.29, 1.82) is 0 Å². The zero-order valence-electron chi connectivity index (χ0n) is 25.9. The Morgan fingerprint density at radius 2 is 1.69 bits per heavy atom. The van der Waals surface area contributed by atoms with Crippen molar-refractivity contribution >= 4 is 51.9 Å². The number of hydrogen-bond donors (Lipinski definition) is 1. The average Bonchev–Trinajstić information content (AvgIpc) is 3.62. The molecule has 5 rings (SSSR count). The third-order valence-corrected chi connectivity index (χ3v) is 8.95. The number of hydrogen-bond acceptors (Lipinski definition) is 8. The van der Waals surface area contributed by atoms with Crippen molar-refractivity contribution in [3.63, 3.8) is 0 Å². The lowest BCUT2D eigenvalue weighted by atomic mass is 9.94. The second-order valence-electron chi connectivity index (χ2n) is 11.1. The maximum atomic E-state index is 14.2. The SMILES string of the molecule is CCC(C)(C(=O)Nc1ccc(N(C)C)cc1)N(Cc1nc(-c2ccc(OC)cc2)cs1)C(=O)CN1C(=O)C(=O)c2ccccc21. The van der Waals surface area contributed by atoms with Crippen LogP contribution < -0.4 is 19.9 Å². The number of nitrogens with one attached hydrogen (secondary N) is 1. The molecule has 3 aromatic carbocycles. The fraction of sp³-hybridized carbons (Fsp3) is 0.265. The molecule has 1 unspecified atom stereocenters. The average molecular weight is 626 g/mol. The van der Waals surface area contributed by atoms with E-state index in [1.54, 1.807) is 38.3 Å². The lowest BCUT2D eigenvalue weighted by Crippen LogP contribution is -2.58. The highest BCUT2D eigenvalue weighted by molar-refractivity contribution is 7.09. The van der Waals surface area contributed by atoms with Crippen LogP contribution >= 0.6 is 11.3 Å². The Bertz CT molecular complexity index is 1730. The number of fused-ring (bicyclic) bond motifs is 1. The van der Waals surface area contributed by atoms with E-state index in [9.17, 15) is 19.2 Å². The zero-order chi connectivity index (χ0) is 32.3. The van der Waals surface area contributed by atoms with E-state index in [0.29, 0.717) is 16.4 Å². The lowest BCUT2D eigenvalue weighted by molar-refractivity contribution is -0.145. The van der Waals surface area contributed by atoms with Crippen molar-refractivity contribution in [3.05, 3.63) is 88.7 Å². The molecule has 4 aromatic rings. The van der Waals surface area contributed by atoms with E-state index in [1.165, 1.54) is 21.1 Å². The number of carbonyl (C=O) groups excluding carboxylic acids is 4. The molecule has 3 amide bonds. The van der Waals surface area contributed by atoms with E-state index >= 15 is 0 Å². The molecule has 0 saturated heterocycles. The van der Waals surface area contributed by atoms with Gasteiger partial charge in [-0.05, 0) is 74.0 Å². The Morgan fingerprint density at radius 3 is 2.33 bits per heavy atom. The van der Waals surface area contributed by atoms with E-state index in [4.69, 9.17) is 9.72 Å². The molecule has 0 fully saturated rings. The van der Waals surface area contributed by atoms with Crippen molar-refractivity contribution in [1.82, 2.24) is 9.88 Å². The van der Waals surface area contributed by atoms with Gasteiger partial charge in [-0.15, -0.1) is 11.3 Å². The molecule has 10 nitrogen and oxygen atoms in total. The molecule has 2 heterocycles. The molecule has 232 valence electrons. The number of anilines is 3. The normalized spacial score (nSPS) is 13.7. The van der Waals surface area contributed by atoms with Crippen LogP contribution in [-0.4, -0.2) is 66.7 Å². The lowest BCUT2D eigenvalue weighted by Gasteiger charge is -2.39. The van der Waals surface area contributed by atoms with Crippen molar-refractivity contribution in [3.8, 4) is 17.0 Å². The number of benzene rings is 3. The van der Waals surface area contributed by atoms with Crippen LogP contribution in [0.1, 0.15) is 35.6 Å². The third-order valence-electron chi connectivity index (χ3n) is 8.12. The molecule has 0 radical (unpaired) electrons.